The second-order valence-electron chi connectivity index (χ2n) is 10.9. The average molecular weight is 602 g/mol. The molecule has 0 aliphatic carbocycles. The van der Waals surface area contributed by atoms with Crippen molar-refractivity contribution < 1.29 is 28.6 Å². The Labute approximate surface area is 251 Å². The van der Waals surface area contributed by atoms with Gasteiger partial charge in [0.05, 0.1) is 48.5 Å². The third-order valence-electron chi connectivity index (χ3n) is 7.74. The van der Waals surface area contributed by atoms with Gasteiger partial charge in [-0.1, -0.05) is 23.7 Å². The number of esters is 1. The molecular formula is C30H40ClN5O6. The Hall–Kier alpha value is -3.38. The zero-order valence-electron chi connectivity index (χ0n) is 24.4. The smallest absolute Gasteiger partial charge is 0.310 e. The summed E-state index contributed by atoms with van der Waals surface area (Å²) in [6.45, 7) is 3.10. The number of carbonyl (C=O) groups is 3. The van der Waals surface area contributed by atoms with E-state index in [4.69, 9.17) is 31.5 Å². The molecule has 12 heteroatoms. The van der Waals surface area contributed by atoms with Crippen molar-refractivity contribution in [3.05, 3.63) is 52.5 Å². The molecule has 2 aromatic carbocycles. The topological polar surface area (TPSA) is 135 Å². The Kier molecular flexibility index (Phi) is 11.0. The van der Waals surface area contributed by atoms with Crippen LogP contribution in [0.5, 0.6) is 5.75 Å². The number of nitrogen functional groups attached to an aromatic ring is 1. The SMILES string of the molecule is COc1cc(N)c(Cl)cc1C(=O)N[C@@H]1CCN(CC(=O)Nc2ccc(CC(=O)OC3CCN(C)CC3)cc2)C[C@@H]1OC. The molecule has 0 aromatic heterocycles. The summed E-state index contributed by atoms with van der Waals surface area (Å²) < 4.78 is 16.6. The molecule has 0 radical (unpaired) electrons. The number of amides is 2. The van der Waals surface area contributed by atoms with Crippen LogP contribution in [-0.2, 0) is 25.5 Å². The predicted molar refractivity (Wildman–Crippen MR) is 161 cm³/mol. The third-order valence-corrected chi connectivity index (χ3v) is 8.07. The molecule has 2 amide bonds. The van der Waals surface area contributed by atoms with Gasteiger partial charge in [0.15, 0.2) is 0 Å². The molecule has 228 valence electrons. The molecule has 2 aromatic rings. The molecule has 11 nitrogen and oxygen atoms in total. The fourth-order valence-electron chi connectivity index (χ4n) is 5.30. The van der Waals surface area contributed by atoms with E-state index in [-0.39, 0.29) is 59.6 Å². The quantitative estimate of drug-likeness (QED) is 0.277. The predicted octanol–water partition coefficient (Wildman–Crippen LogP) is 2.57. The maximum absolute atomic E-state index is 13.0. The van der Waals surface area contributed by atoms with E-state index in [1.165, 1.54) is 19.2 Å². The fourth-order valence-corrected chi connectivity index (χ4v) is 5.46. The standard InChI is InChI=1S/C30H40ClN5O6/c1-35-11-8-21(9-12-35)42-29(38)14-19-4-6-20(7-5-19)33-28(37)18-36-13-10-25(27(17-36)41-3)34-30(39)22-15-23(31)24(32)16-26(22)40-2/h4-7,15-16,21,25,27H,8-14,17-18,32H2,1-3H3,(H,33,37)(H,34,39)/t25-,27+/m1/s1. The number of nitrogens with zero attached hydrogens (tertiary/aromatic N) is 2. The van der Waals surface area contributed by atoms with Gasteiger partial charge < -0.3 is 35.5 Å². The number of carbonyl (C=O) groups excluding carboxylic acids is 3. The average Bonchev–Trinajstić information content (AvgIpc) is 2.97. The summed E-state index contributed by atoms with van der Waals surface area (Å²) in [5.74, 6) is -0.406. The van der Waals surface area contributed by atoms with Gasteiger partial charge in [0.1, 0.15) is 11.9 Å². The largest absolute Gasteiger partial charge is 0.496 e. The number of nitrogens with two attached hydrogens (primary N) is 1. The van der Waals surface area contributed by atoms with E-state index in [9.17, 15) is 14.4 Å². The number of benzene rings is 2. The zero-order chi connectivity index (χ0) is 30.2. The molecule has 2 atom stereocenters. The van der Waals surface area contributed by atoms with Crippen molar-refractivity contribution in [3.63, 3.8) is 0 Å². The number of hydrogen-bond acceptors (Lipinski definition) is 9. The normalized spacial score (nSPS) is 20.1. The van der Waals surface area contributed by atoms with Crippen LogP contribution < -0.4 is 21.1 Å². The van der Waals surface area contributed by atoms with Crippen LogP contribution in [0.15, 0.2) is 36.4 Å². The second kappa shape index (κ2) is 14.7. The lowest BCUT2D eigenvalue weighted by Crippen LogP contribution is -2.55. The number of halogens is 1. The van der Waals surface area contributed by atoms with Gasteiger partial charge >= 0.3 is 5.97 Å². The van der Waals surface area contributed by atoms with E-state index in [2.05, 4.69) is 22.6 Å². The van der Waals surface area contributed by atoms with E-state index >= 15 is 0 Å². The molecule has 0 spiro atoms. The molecule has 0 bridgehead atoms. The van der Waals surface area contributed by atoms with Crippen LogP contribution in [0.25, 0.3) is 0 Å². The Morgan fingerprint density at radius 3 is 2.43 bits per heavy atom. The number of likely N-dealkylation sites (tertiary alicyclic amines) is 2. The Bertz CT molecular complexity index is 1250. The maximum Gasteiger partial charge on any atom is 0.310 e. The van der Waals surface area contributed by atoms with Gasteiger partial charge in [-0.3, -0.25) is 19.3 Å². The summed E-state index contributed by atoms with van der Waals surface area (Å²) >= 11 is 6.13. The molecule has 42 heavy (non-hydrogen) atoms. The van der Waals surface area contributed by atoms with Crippen LogP contribution in [0.1, 0.15) is 35.2 Å². The van der Waals surface area contributed by atoms with Crippen molar-refractivity contribution in [2.45, 2.75) is 43.9 Å². The summed E-state index contributed by atoms with van der Waals surface area (Å²) in [4.78, 5) is 42.4. The minimum Gasteiger partial charge on any atom is -0.496 e. The van der Waals surface area contributed by atoms with Crippen molar-refractivity contribution in [2.24, 2.45) is 0 Å². The van der Waals surface area contributed by atoms with Gasteiger partial charge in [-0.2, -0.15) is 0 Å². The van der Waals surface area contributed by atoms with Crippen molar-refractivity contribution >= 4 is 40.8 Å². The van der Waals surface area contributed by atoms with Gasteiger partial charge in [-0.05, 0) is 50.1 Å². The van der Waals surface area contributed by atoms with Crippen LogP contribution in [0.2, 0.25) is 5.02 Å². The summed E-state index contributed by atoms with van der Waals surface area (Å²) in [6, 6.07) is 9.96. The highest BCUT2D eigenvalue weighted by Gasteiger charge is 2.32. The molecule has 4 N–H and O–H groups in total. The first-order valence-corrected chi connectivity index (χ1v) is 14.5. The number of hydrogen-bond donors (Lipinski definition) is 3. The van der Waals surface area contributed by atoms with Gasteiger partial charge in [0, 0.05) is 45.0 Å². The van der Waals surface area contributed by atoms with Crippen LogP contribution in [0.3, 0.4) is 0 Å². The third kappa shape index (κ3) is 8.57. The van der Waals surface area contributed by atoms with Crippen molar-refractivity contribution in [3.8, 4) is 5.75 Å². The van der Waals surface area contributed by atoms with E-state index in [0.29, 0.717) is 36.6 Å². The number of piperidine rings is 2. The number of nitrogens with one attached hydrogen (secondary N) is 2. The number of methoxy groups -OCH3 is 2. The highest BCUT2D eigenvalue weighted by molar-refractivity contribution is 6.33. The van der Waals surface area contributed by atoms with Crippen LogP contribution in [-0.4, -0.2) is 99.8 Å². The molecule has 2 heterocycles. The first-order chi connectivity index (χ1) is 20.1. The summed E-state index contributed by atoms with van der Waals surface area (Å²) in [5, 5.41) is 6.19. The molecule has 0 saturated carbocycles. The Morgan fingerprint density at radius 2 is 1.76 bits per heavy atom. The summed E-state index contributed by atoms with van der Waals surface area (Å²) in [7, 11) is 5.11. The van der Waals surface area contributed by atoms with E-state index < -0.39 is 0 Å². The molecule has 2 saturated heterocycles. The lowest BCUT2D eigenvalue weighted by molar-refractivity contribution is -0.150. The minimum absolute atomic E-state index is 0.0161. The van der Waals surface area contributed by atoms with E-state index in [1.807, 2.05) is 17.0 Å². The van der Waals surface area contributed by atoms with Crippen LogP contribution in [0, 0.1) is 0 Å². The highest BCUT2D eigenvalue weighted by Crippen LogP contribution is 2.29. The Balaban J connectivity index is 1.23. The second-order valence-corrected chi connectivity index (χ2v) is 11.3. The minimum atomic E-state index is -0.342. The van der Waals surface area contributed by atoms with Gasteiger partial charge in [-0.15, -0.1) is 0 Å². The van der Waals surface area contributed by atoms with Gasteiger partial charge in [0.25, 0.3) is 5.91 Å². The van der Waals surface area contributed by atoms with Crippen molar-refractivity contribution in [1.29, 1.82) is 0 Å². The van der Waals surface area contributed by atoms with E-state index in [0.717, 1.165) is 31.5 Å². The molecule has 2 aliphatic rings. The molecule has 2 aliphatic heterocycles. The monoisotopic (exact) mass is 601 g/mol. The summed E-state index contributed by atoms with van der Waals surface area (Å²) in [6.07, 6.45) is 2.17. The van der Waals surface area contributed by atoms with E-state index in [1.54, 1.807) is 19.2 Å². The van der Waals surface area contributed by atoms with Crippen molar-refractivity contribution in [1.82, 2.24) is 15.1 Å². The van der Waals surface area contributed by atoms with Crippen molar-refractivity contribution in [2.75, 3.05) is 65.0 Å². The van der Waals surface area contributed by atoms with Gasteiger partial charge in [0.2, 0.25) is 5.91 Å². The molecule has 0 unspecified atom stereocenters. The number of ether oxygens (including phenoxy) is 3. The number of rotatable bonds is 10. The maximum atomic E-state index is 13.0. The lowest BCUT2D eigenvalue weighted by atomic mass is 10.0. The molecule has 4 rings (SSSR count). The first kappa shape index (κ1) is 31.6. The summed E-state index contributed by atoms with van der Waals surface area (Å²) in [5.41, 5.74) is 7.92. The molecule has 2 fully saturated rings. The van der Waals surface area contributed by atoms with Crippen LogP contribution >= 0.6 is 11.6 Å². The zero-order valence-corrected chi connectivity index (χ0v) is 25.1. The highest BCUT2D eigenvalue weighted by atomic mass is 35.5. The Morgan fingerprint density at radius 1 is 1.05 bits per heavy atom. The van der Waals surface area contributed by atoms with Crippen LogP contribution in [0.4, 0.5) is 11.4 Å². The number of anilines is 2. The lowest BCUT2D eigenvalue weighted by Gasteiger charge is -2.37. The van der Waals surface area contributed by atoms with Gasteiger partial charge in [-0.25, -0.2) is 0 Å². The first-order valence-electron chi connectivity index (χ1n) is 14.1. The molecular weight excluding hydrogens is 562 g/mol. The fraction of sp³-hybridized carbons (Fsp3) is 0.500.